The van der Waals surface area contributed by atoms with Gasteiger partial charge in [-0.15, -0.1) is 0 Å². The van der Waals surface area contributed by atoms with Crippen LogP contribution in [0.4, 0.5) is 0 Å². The summed E-state index contributed by atoms with van der Waals surface area (Å²) in [5.41, 5.74) is 22.9. The lowest BCUT2D eigenvalue weighted by Gasteiger charge is -2.25. The topological polar surface area (TPSA) is 274 Å². The predicted octanol–water partition coefficient (Wildman–Crippen LogP) is -2.08. The predicted molar refractivity (Wildman–Crippen MR) is 147 cm³/mol. The Kier molecular flexibility index (Phi) is 11.9. The van der Waals surface area contributed by atoms with Crippen LogP contribution >= 0.6 is 0 Å². The van der Waals surface area contributed by atoms with Crippen molar-refractivity contribution in [3.05, 3.63) is 36.0 Å². The molecule has 0 saturated heterocycles. The maximum atomic E-state index is 13.4. The first kappa shape index (κ1) is 31.6. The van der Waals surface area contributed by atoms with Crippen LogP contribution in [0.25, 0.3) is 10.9 Å². The molecule has 0 spiro atoms. The van der Waals surface area contributed by atoms with Crippen molar-refractivity contribution in [2.24, 2.45) is 27.9 Å². The molecular weight excluding hydrogens is 522 g/mol. The third-order valence-electron chi connectivity index (χ3n) is 6.02. The average Bonchev–Trinajstić information content (AvgIpc) is 3.29. The van der Waals surface area contributed by atoms with E-state index in [1.54, 1.807) is 6.20 Å². The lowest BCUT2D eigenvalue weighted by molar-refractivity contribution is -0.142. The lowest BCUT2D eigenvalue weighted by atomic mass is 10.0. The molecule has 0 aliphatic rings. The van der Waals surface area contributed by atoms with Gasteiger partial charge in [-0.05, 0) is 37.8 Å². The molecule has 4 atom stereocenters. The Morgan fingerprint density at radius 1 is 0.925 bits per heavy atom. The van der Waals surface area contributed by atoms with Gasteiger partial charge in [0, 0.05) is 36.5 Å². The highest BCUT2D eigenvalue weighted by Crippen LogP contribution is 2.19. The van der Waals surface area contributed by atoms with Crippen LogP contribution in [0.5, 0.6) is 0 Å². The van der Waals surface area contributed by atoms with Gasteiger partial charge in [0.15, 0.2) is 5.96 Å². The van der Waals surface area contributed by atoms with E-state index in [9.17, 15) is 29.1 Å². The number of aromatic nitrogens is 1. The van der Waals surface area contributed by atoms with E-state index in [4.69, 9.17) is 22.9 Å². The maximum Gasteiger partial charge on any atom is 0.326 e. The number of nitrogens with one attached hydrogen (secondary N) is 4. The van der Waals surface area contributed by atoms with Crippen LogP contribution in [0, 0.1) is 0 Å². The smallest absolute Gasteiger partial charge is 0.326 e. The average molecular weight is 560 g/mol. The van der Waals surface area contributed by atoms with Crippen molar-refractivity contribution in [1.29, 1.82) is 0 Å². The van der Waals surface area contributed by atoms with E-state index in [1.807, 2.05) is 24.3 Å². The first-order chi connectivity index (χ1) is 18.9. The minimum absolute atomic E-state index is 0.00823. The Morgan fingerprint density at radius 3 is 2.17 bits per heavy atom. The molecule has 0 aliphatic heterocycles. The number of aliphatic imine (C=N–C) groups is 1. The Morgan fingerprint density at radius 2 is 1.55 bits per heavy atom. The number of rotatable bonds is 16. The fourth-order valence-electron chi connectivity index (χ4n) is 3.89. The molecule has 2 aromatic rings. The number of carbonyl (C=O) groups excluding carboxylic acids is 4. The highest BCUT2D eigenvalue weighted by molar-refractivity contribution is 5.95. The summed E-state index contributed by atoms with van der Waals surface area (Å²) >= 11 is 0. The van der Waals surface area contributed by atoms with Gasteiger partial charge in [0.1, 0.15) is 18.1 Å². The summed E-state index contributed by atoms with van der Waals surface area (Å²) in [7, 11) is 0. The fraction of sp³-hybridized carbons (Fsp3) is 0.440. The first-order valence-corrected chi connectivity index (χ1v) is 12.7. The normalized spacial score (nSPS) is 13.8. The summed E-state index contributed by atoms with van der Waals surface area (Å²) in [5, 5.41) is 18.0. The molecule has 0 aliphatic carbocycles. The van der Waals surface area contributed by atoms with Gasteiger partial charge in [0.05, 0.1) is 6.04 Å². The Bertz CT molecular complexity index is 1240. The summed E-state index contributed by atoms with van der Waals surface area (Å²) in [6.07, 6.45) is 1.62. The number of carboxylic acid groups (broad SMARTS) is 1. The molecule has 15 nitrogen and oxygen atoms in total. The van der Waals surface area contributed by atoms with Crippen LogP contribution in [0.1, 0.15) is 38.2 Å². The molecule has 4 unspecified atom stereocenters. The molecule has 4 amide bonds. The van der Waals surface area contributed by atoms with Crippen molar-refractivity contribution in [2.75, 3.05) is 6.54 Å². The number of benzene rings is 1. The molecule has 0 saturated carbocycles. The molecule has 2 rings (SSSR count). The van der Waals surface area contributed by atoms with Crippen molar-refractivity contribution in [1.82, 2.24) is 20.9 Å². The van der Waals surface area contributed by atoms with E-state index in [-0.39, 0.29) is 44.6 Å². The van der Waals surface area contributed by atoms with Crippen LogP contribution in [-0.4, -0.2) is 76.4 Å². The molecule has 0 bridgehead atoms. The second-order valence-electron chi connectivity index (χ2n) is 9.33. The van der Waals surface area contributed by atoms with Gasteiger partial charge in [-0.3, -0.25) is 24.2 Å². The van der Waals surface area contributed by atoms with E-state index in [0.29, 0.717) is 5.56 Å². The number of primary amides is 1. The molecule has 15 heteroatoms. The Hall–Kier alpha value is -4.66. The van der Waals surface area contributed by atoms with Crippen molar-refractivity contribution >= 4 is 46.5 Å². The summed E-state index contributed by atoms with van der Waals surface area (Å²) in [4.78, 5) is 68.9. The second kappa shape index (κ2) is 15.1. The number of amides is 4. The SMILES string of the molecule is CC(N)C(=O)NC(CCC(N)=O)C(=O)NC(Cc1c[nH]c2ccccc12)C(=O)NC(CCCN=C(N)N)C(=O)O. The van der Waals surface area contributed by atoms with E-state index in [2.05, 4.69) is 25.9 Å². The molecule has 13 N–H and O–H groups in total. The second-order valence-corrected chi connectivity index (χ2v) is 9.33. The number of aliphatic carboxylic acids is 1. The number of para-hydroxylation sites is 1. The minimum Gasteiger partial charge on any atom is -0.480 e. The number of nitrogens with two attached hydrogens (primary N) is 4. The standard InChI is InChI=1S/C25H37N9O6/c1-13(26)21(36)32-17(8-9-20(27)35)22(37)34-19(11-14-12-31-16-6-3-2-5-15(14)16)23(38)33-18(24(39)40)7-4-10-30-25(28)29/h2-3,5-6,12-13,17-19,31H,4,7-11,26H2,1H3,(H2,27,35)(H,32,36)(H,33,38)(H,34,37)(H,39,40)(H4,28,29,30). The van der Waals surface area contributed by atoms with Gasteiger partial charge in [-0.1, -0.05) is 18.2 Å². The van der Waals surface area contributed by atoms with E-state index in [0.717, 1.165) is 10.9 Å². The number of guanidine groups is 1. The Balaban J connectivity index is 2.30. The van der Waals surface area contributed by atoms with Gasteiger partial charge in [0.2, 0.25) is 23.6 Å². The van der Waals surface area contributed by atoms with E-state index in [1.165, 1.54) is 6.92 Å². The van der Waals surface area contributed by atoms with Gasteiger partial charge < -0.3 is 49.0 Å². The van der Waals surface area contributed by atoms with Crippen molar-refractivity contribution in [2.45, 2.75) is 63.2 Å². The Labute approximate surface area is 230 Å². The number of fused-ring (bicyclic) bond motifs is 1. The maximum absolute atomic E-state index is 13.4. The number of hydrogen-bond donors (Lipinski definition) is 9. The number of hydrogen-bond acceptors (Lipinski definition) is 7. The zero-order chi connectivity index (χ0) is 29.8. The van der Waals surface area contributed by atoms with Crippen molar-refractivity contribution < 1.29 is 29.1 Å². The highest BCUT2D eigenvalue weighted by atomic mass is 16.4. The zero-order valence-corrected chi connectivity index (χ0v) is 22.2. The number of aromatic amines is 1. The molecule has 1 aromatic heterocycles. The minimum atomic E-state index is -1.28. The molecule has 40 heavy (non-hydrogen) atoms. The van der Waals surface area contributed by atoms with Gasteiger partial charge in [0.25, 0.3) is 0 Å². The largest absolute Gasteiger partial charge is 0.480 e. The lowest BCUT2D eigenvalue weighted by Crippen LogP contribution is -2.57. The third kappa shape index (κ3) is 9.90. The van der Waals surface area contributed by atoms with E-state index < -0.39 is 53.8 Å². The van der Waals surface area contributed by atoms with Crippen molar-refractivity contribution in [3.8, 4) is 0 Å². The quantitative estimate of drug-likeness (QED) is 0.0619. The van der Waals surface area contributed by atoms with Gasteiger partial charge in [-0.2, -0.15) is 0 Å². The number of carboxylic acids is 1. The number of H-pyrrole nitrogens is 1. The van der Waals surface area contributed by atoms with Crippen LogP contribution in [-0.2, 0) is 30.4 Å². The zero-order valence-electron chi connectivity index (χ0n) is 22.2. The molecular formula is C25H37N9O6. The monoisotopic (exact) mass is 559 g/mol. The van der Waals surface area contributed by atoms with Crippen molar-refractivity contribution in [3.63, 3.8) is 0 Å². The van der Waals surface area contributed by atoms with Crippen LogP contribution < -0.4 is 38.9 Å². The summed E-state index contributed by atoms with van der Waals surface area (Å²) in [6.45, 7) is 1.59. The molecule has 1 heterocycles. The van der Waals surface area contributed by atoms with Gasteiger partial charge >= 0.3 is 5.97 Å². The molecule has 1 aromatic carbocycles. The summed E-state index contributed by atoms with van der Waals surface area (Å²) < 4.78 is 0. The van der Waals surface area contributed by atoms with Crippen LogP contribution in [0.2, 0.25) is 0 Å². The molecule has 0 radical (unpaired) electrons. The van der Waals surface area contributed by atoms with Gasteiger partial charge in [-0.25, -0.2) is 4.79 Å². The summed E-state index contributed by atoms with van der Waals surface area (Å²) in [6, 6.07) is 2.63. The third-order valence-corrected chi connectivity index (χ3v) is 6.02. The number of carbonyl (C=O) groups is 5. The summed E-state index contributed by atoms with van der Waals surface area (Å²) in [5.74, 6) is -4.28. The molecule has 218 valence electrons. The van der Waals surface area contributed by atoms with Crippen LogP contribution in [0.3, 0.4) is 0 Å². The number of nitrogens with zero attached hydrogens (tertiary/aromatic N) is 1. The fourth-order valence-corrected chi connectivity index (χ4v) is 3.89. The molecule has 0 fully saturated rings. The van der Waals surface area contributed by atoms with Crippen LogP contribution in [0.15, 0.2) is 35.5 Å². The highest BCUT2D eigenvalue weighted by Gasteiger charge is 2.30. The van der Waals surface area contributed by atoms with E-state index >= 15 is 0 Å². The first-order valence-electron chi connectivity index (χ1n) is 12.7.